The maximum absolute atomic E-state index is 11.3. The molecule has 0 aliphatic heterocycles. The number of nitrogens with zero attached hydrogens (tertiary/aromatic N) is 3. The van der Waals surface area contributed by atoms with Gasteiger partial charge in [0.2, 0.25) is 0 Å². The Balaban J connectivity index is 1.98. The second kappa shape index (κ2) is 17.6. The van der Waals surface area contributed by atoms with Gasteiger partial charge in [-0.25, -0.2) is 15.0 Å². The lowest BCUT2D eigenvalue weighted by molar-refractivity contribution is 0.449. The van der Waals surface area contributed by atoms with Crippen LogP contribution in [-0.4, -0.2) is 45.6 Å². The molecule has 3 aromatic carbocycles. The molecular formula is C39H51N3O6. The summed E-state index contributed by atoms with van der Waals surface area (Å²) in [6.07, 6.45) is 13.5. The molecule has 48 heavy (non-hydrogen) atoms. The topological polar surface area (TPSA) is 160 Å². The summed E-state index contributed by atoms with van der Waals surface area (Å²) in [6.45, 7) is 6.40. The Bertz CT molecular complexity index is 1470. The highest BCUT2D eigenvalue weighted by molar-refractivity contribution is 5.78. The quantitative estimate of drug-likeness (QED) is 0.0573. The molecule has 0 saturated carbocycles. The molecule has 1 aromatic heterocycles. The molecular weight excluding hydrogens is 606 g/mol. The van der Waals surface area contributed by atoms with Gasteiger partial charge in [0.1, 0.15) is 34.5 Å². The van der Waals surface area contributed by atoms with E-state index in [0.29, 0.717) is 52.6 Å². The van der Waals surface area contributed by atoms with Crippen LogP contribution < -0.4 is 0 Å². The fourth-order valence-corrected chi connectivity index (χ4v) is 6.31. The summed E-state index contributed by atoms with van der Waals surface area (Å²) in [7, 11) is 0. The van der Waals surface area contributed by atoms with Crippen molar-refractivity contribution in [1.29, 1.82) is 0 Å². The first-order valence-electron chi connectivity index (χ1n) is 17.6. The molecule has 0 spiro atoms. The van der Waals surface area contributed by atoms with Gasteiger partial charge >= 0.3 is 0 Å². The lowest BCUT2D eigenvalue weighted by Gasteiger charge is -2.17. The van der Waals surface area contributed by atoms with Crippen molar-refractivity contribution in [2.75, 3.05) is 0 Å². The van der Waals surface area contributed by atoms with Crippen LogP contribution in [-0.2, 0) is 19.3 Å². The SMILES string of the molecule is CCCCCCc1cc(O)cc(O)c1-c1nc(-c2c(O)cc(O)cc2CCCCCC)nc(-c2c(O)cc(O)cc2CCCCCC)n1. The molecule has 0 unspecified atom stereocenters. The van der Waals surface area contributed by atoms with Gasteiger partial charge in [0, 0.05) is 18.2 Å². The first-order valence-corrected chi connectivity index (χ1v) is 17.6. The molecule has 0 aliphatic carbocycles. The summed E-state index contributed by atoms with van der Waals surface area (Å²) in [4.78, 5) is 14.5. The van der Waals surface area contributed by atoms with E-state index in [2.05, 4.69) is 20.8 Å². The highest BCUT2D eigenvalue weighted by atomic mass is 16.3. The molecule has 1 heterocycles. The molecule has 0 aliphatic rings. The van der Waals surface area contributed by atoms with Crippen LogP contribution in [0.3, 0.4) is 0 Å². The average molecular weight is 658 g/mol. The molecule has 0 saturated heterocycles. The van der Waals surface area contributed by atoms with Gasteiger partial charge in [-0.2, -0.15) is 0 Å². The molecule has 0 radical (unpaired) electrons. The maximum Gasteiger partial charge on any atom is 0.168 e. The number of rotatable bonds is 18. The van der Waals surface area contributed by atoms with E-state index < -0.39 is 0 Å². The van der Waals surface area contributed by atoms with E-state index >= 15 is 0 Å². The highest BCUT2D eigenvalue weighted by Crippen LogP contribution is 2.42. The van der Waals surface area contributed by atoms with Gasteiger partial charge in [0.15, 0.2) is 17.5 Å². The number of benzene rings is 3. The minimum absolute atomic E-state index is 0.0765. The third-order valence-corrected chi connectivity index (χ3v) is 8.76. The Morgan fingerprint density at radius 1 is 0.375 bits per heavy atom. The van der Waals surface area contributed by atoms with Crippen molar-refractivity contribution in [3.05, 3.63) is 53.1 Å². The van der Waals surface area contributed by atoms with Crippen LogP contribution in [0.2, 0.25) is 0 Å². The maximum atomic E-state index is 11.3. The molecule has 0 atom stereocenters. The molecule has 4 rings (SSSR count). The summed E-state index contributed by atoms with van der Waals surface area (Å²) in [5.74, 6) is -0.480. The summed E-state index contributed by atoms with van der Waals surface area (Å²) in [5, 5.41) is 65.1. The molecule has 9 nitrogen and oxygen atoms in total. The number of aryl methyl sites for hydroxylation is 3. The second-order valence-corrected chi connectivity index (χ2v) is 12.7. The van der Waals surface area contributed by atoms with Crippen molar-refractivity contribution in [2.45, 2.75) is 117 Å². The molecule has 0 fully saturated rings. The van der Waals surface area contributed by atoms with E-state index in [9.17, 15) is 30.6 Å². The highest BCUT2D eigenvalue weighted by Gasteiger charge is 2.24. The fraction of sp³-hybridized carbons (Fsp3) is 0.462. The number of aromatic nitrogens is 3. The van der Waals surface area contributed by atoms with Crippen molar-refractivity contribution in [2.24, 2.45) is 0 Å². The van der Waals surface area contributed by atoms with E-state index in [1.807, 2.05) is 0 Å². The van der Waals surface area contributed by atoms with Gasteiger partial charge < -0.3 is 30.6 Å². The second-order valence-electron chi connectivity index (χ2n) is 12.7. The Kier molecular flexibility index (Phi) is 13.3. The number of unbranched alkanes of at least 4 members (excludes halogenated alkanes) is 9. The van der Waals surface area contributed by atoms with Crippen LogP contribution in [0.5, 0.6) is 34.5 Å². The Morgan fingerprint density at radius 3 is 0.896 bits per heavy atom. The summed E-state index contributed by atoms with van der Waals surface area (Å²) in [6, 6.07) is 8.59. The summed E-state index contributed by atoms with van der Waals surface area (Å²) in [5.41, 5.74) is 2.99. The van der Waals surface area contributed by atoms with Crippen molar-refractivity contribution in [3.63, 3.8) is 0 Å². The molecule has 9 heteroatoms. The zero-order valence-corrected chi connectivity index (χ0v) is 28.6. The van der Waals surface area contributed by atoms with Crippen molar-refractivity contribution in [1.82, 2.24) is 15.0 Å². The van der Waals surface area contributed by atoms with Crippen LogP contribution in [0.15, 0.2) is 36.4 Å². The Labute approximate surface area is 284 Å². The lowest BCUT2D eigenvalue weighted by atomic mass is 9.96. The predicted octanol–water partition coefficient (Wildman–Crippen LogP) is 9.47. The van der Waals surface area contributed by atoms with Crippen molar-refractivity contribution >= 4 is 0 Å². The van der Waals surface area contributed by atoms with Crippen LogP contribution in [0.25, 0.3) is 34.2 Å². The largest absolute Gasteiger partial charge is 0.508 e. The van der Waals surface area contributed by atoms with Gasteiger partial charge in [-0.3, -0.25) is 0 Å². The number of hydrogen-bond acceptors (Lipinski definition) is 9. The van der Waals surface area contributed by atoms with E-state index in [1.165, 1.54) is 18.2 Å². The van der Waals surface area contributed by atoms with E-state index in [1.54, 1.807) is 18.2 Å². The molecule has 6 N–H and O–H groups in total. The molecule has 4 aromatic rings. The van der Waals surface area contributed by atoms with Gasteiger partial charge in [-0.05, 0) is 73.4 Å². The third kappa shape index (κ3) is 9.30. The number of phenols is 6. The lowest BCUT2D eigenvalue weighted by Crippen LogP contribution is -2.05. The van der Waals surface area contributed by atoms with Crippen LogP contribution >= 0.6 is 0 Å². The first kappa shape index (κ1) is 36.3. The fourth-order valence-electron chi connectivity index (χ4n) is 6.31. The summed E-state index contributed by atoms with van der Waals surface area (Å²) < 4.78 is 0. The molecule has 0 amide bonds. The minimum atomic E-state index is -0.201. The standard InChI is InChI=1S/C39H51N3O6/c1-4-7-10-13-16-25-19-28(43)22-31(46)34(25)37-40-38(35-26(17-14-11-8-5-2)20-29(44)23-32(35)47)42-39(41-37)36-27(18-15-12-9-6-3)21-30(45)24-33(36)48/h19-24,43-48H,4-18H2,1-3H3. The van der Waals surface area contributed by atoms with Gasteiger partial charge in [-0.15, -0.1) is 0 Å². The molecule has 258 valence electrons. The van der Waals surface area contributed by atoms with Crippen LogP contribution in [0.1, 0.15) is 115 Å². The normalized spacial score (nSPS) is 11.3. The number of phenolic OH excluding ortho intramolecular Hbond substituents is 6. The Hall–Kier alpha value is -4.53. The smallest absolute Gasteiger partial charge is 0.168 e. The van der Waals surface area contributed by atoms with E-state index in [4.69, 9.17) is 15.0 Å². The summed E-state index contributed by atoms with van der Waals surface area (Å²) >= 11 is 0. The van der Waals surface area contributed by atoms with Crippen molar-refractivity contribution in [3.8, 4) is 68.7 Å². The monoisotopic (exact) mass is 657 g/mol. The number of aromatic hydroxyl groups is 6. The van der Waals surface area contributed by atoms with Crippen molar-refractivity contribution < 1.29 is 30.6 Å². The van der Waals surface area contributed by atoms with E-state index in [-0.39, 0.29) is 52.0 Å². The van der Waals surface area contributed by atoms with E-state index in [0.717, 1.165) is 77.0 Å². The average Bonchev–Trinajstić information content (AvgIpc) is 3.02. The zero-order chi connectivity index (χ0) is 34.6. The first-order chi connectivity index (χ1) is 23.2. The van der Waals surface area contributed by atoms with Crippen LogP contribution in [0, 0.1) is 0 Å². The minimum Gasteiger partial charge on any atom is -0.508 e. The van der Waals surface area contributed by atoms with Crippen LogP contribution in [0.4, 0.5) is 0 Å². The third-order valence-electron chi connectivity index (χ3n) is 8.76. The van der Waals surface area contributed by atoms with Gasteiger partial charge in [0.05, 0.1) is 16.7 Å². The van der Waals surface area contributed by atoms with Gasteiger partial charge in [-0.1, -0.05) is 78.6 Å². The number of hydrogen-bond donors (Lipinski definition) is 6. The van der Waals surface area contributed by atoms with Gasteiger partial charge in [0.25, 0.3) is 0 Å². The Morgan fingerprint density at radius 2 is 0.646 bits per heavy atom. The zero-order valence-electron chi connectivity index (χ0n) is 28.6. The molecule has 0 bridgehead atoms. The predicted molar refractivity (Wildman–Crippen MR) is 190 cm³/mol.